The van der Waals surface area contributed by atoms with Crippen LogP contribution in [0.4, 0.5) is 0 Å². The zero-order chi connectivity index (χ0) is 12.7. The lowest BCUT2D eigenvalue weighted by Gasteiger charge is -2.04. The van der Waals surface area contributed by atoms with Crippen molar-refractivity contribution in [1.29, 1.82) is 0 Å². The van der Waals surface area contributed by atoms with Crippen LogP contribution in [0.2, 0.25) is 0 Å². The van der Waals surface area contributed by atoms with Gasteiger partial charge in [0.25, 0.3) is 0 Å². The van der Waals surface area contributed by atoms with E-state index < -0.39 is 5.97 Å². The molecular weight excluding hydrogens is 232 g/mol. The smallest absolute Gasteiger partial charge is 0.311 e. The highest BCUT2D eigenvalue weighted by Gasteiger charge is 2.14. The summed E-state index contributed by atoms with van der Waals surface area (Å²) in [7, 11) is 0. The summed E-state index contributed by atoms with van der Waals surface area (Å²) in [5.74, 6) is -0.512. The van der Waals surface area contributed by atoms with Crippen LogP contribution < -0.4 is 0 Å². The molecule has 0 bridgehead atoms. The van der Waals surface area contributed by atoms with Crippen molar-refractivity contribution in [1.82, 2.24) is 19.6 Å². The molecule has 0 radical (unpaired) electrons. The predicted molar refractivity (Wildman–Crippen MR) is 64.4 cm³/mol. The topological polar surface area (TPSA) is 80.4 Å². The summed E-state index contributed by atoms with van der Waals surface area (Å²) in [5.41, 5.74) is 2.95. The molecule has 0 saturated carbocycles. The van der Waals surface area contributed by atoms with E-state index in [2.05, 4.69) is 15.2 Å². The van der Waals surface area contributed by atoms with E-state index in [4.69, 9.17) is 5.11 Å². The van der Waals surface area contributed by atoms with Crippen molar-refractivity contribution >= 4 is 22.6 Å². The maximum absolute atomic E-state index is 10.8. The number of rotatable bonds is 2. The first-order valence-electron chi connectivity index (χ1n) is 5.48. The number of aromatic nitrogens is 4. The van der Waals surface area contributed by atoms with Crippen LogP contribution in [0.15, 0.2) is 24.3 Å². The van der Waals surface area contributed by atoms with Gasteiger partial charge >= 0.3 is 5.97 Å². The zero-order valence-electron chi connectivity index (χ0n) is 9.66. The molecule has 2 aromatic heterocycles. The van der Waals surface area contributed by atoms with Crippen molar-refractivity contribution in [2.45, 2.75) is 13.3 Å². The molecule has 0 atom stereocenters. The quantitative estimate of drug-likeness (QED) is 0.730. The lowest BCUT2D eigenvalue weighted by Crippen LogP contribution is -2.06. The summed E-state index contributed by atoms with van der Waals surface area (Å²) in [5, 5.41) is 16.8. The van der Waals surface area contributed by atoms with E-state index in [9.17, 15) is 4.79 Å². The number of aryl methyl sites for hydroxylation is 1. The monoisotopic (exact) mass is 242 g/mol. The lowest BCUT2D eigenvalue weighted by molar-refractivity contribution is -0.136. The minimum absolute atomic E-state index is 0.158. The molecule has 2 heterocycles. The highest BCUT2D eigenvalue weighted by Crippen LogP contribution is 2.17. The van der Waals surface area contributed by atoms with Crippen molar-refractivity contribution in [2.75, 3.05) is 0 Å². The minimum Gasteiger partial charge on any atom is -0.481 e. The van der Waals surface area contributed by atoms with Crippen LogP contribution in [0, 0.1) is 6.92 Å². The van der Waals surface area contributed by atoms with Crippen LogP contribution in [-0.4, -0.2) is 30.7 Å². The first kappa shape index (κ1) is 10.6. The summed E-state index contributed by atoms with van der Waals surface area (Å²) in [4.78, 5) is 15.3. The molecule has 1 aromatic carbocycles. The van der Waals surface area contributed by atoms with Gasteiger partial charge in [-0.05, 0) is 19.1 Å². The lowest BCUT2D eigenvalue weighted by atomic mass is 10.2. The number of benzene rings is 1. The molecule has 18 heavy (non-hydrogen) atoms. The van der Waals surface area contributed by atoms with E-state index in [1.54, 1.807) is 4.40 Å². The fourth-order valence-corrected chi connectivity index (χ4v) is 2.03. The van der Waals surface area contributed by atoms with E-state index in [0.717, 1.165) is 16.7 Å². The van der Waals surface area contributed by atoms with Crippen LogP contribution in [0.5, 0.6) is 0 Å². The highest BCUT2D eigenvalue weighted by atomic mass is 16.4. The van der Waals surface area contributed by atoms with E-state index >= 15 is 0 Å². The van der Waals surface area contributed by atoms with Crippen molar-refractivity contribution < 1.29 is 9.90 Å². The van der Waals surface area contributed by atoms with E-state index in [0.29, 0.717) is 11.5 Å². The molecule has 0 aliphatic heterocycles. The Morgan fingerprint density at radius 3 is 2.89 bits per heavy atom. The van der Waals surface area contributed by atoms with Gasteiger partial charge in [0.05, 0.1) is 16.7 Å². The van der Waals surface area contributed by atoms with Gasteiger partial charge < -0.3 is 5.11 Å². The third kappa shape index (κ3) is 1.50. The second-order valence-corrected chi connectivity index (χ2v) is 4.03. The minimum atomic E-state index is -0.928. The Morgan fingerprint density at radius 1 is 1.33 bits per heavy atom. The number of aliphatic carboxylic acids is 1. The number of nitrogens with zero attached hydrogens (tertiary/aromatic N) is 4. The molecule has 0 aliphatic carbocycles. The maximum Gasteiger partial charge on any atom is 0.311 e. The van der Waals surface area contributed by atoms with Gasteiger partial charge in [0.1, 0.15) is 12.2 Å². The fraction of sp³-hybridized carbons (Fsp3) is 0.167. The standard InChI is InChI=1S/C12H10N4O2/c1-7-12-15-14-10(6-11(17)18)16(12)9-5-3-2-4-8(9)13-7/h2-5H,6H2,1H3,(H,17,18). The maximum atomic E-state index is 10.8. The SMILES string of the molecule is Cc1nc2ccccc2n2c(CC(=O)O)nnc12. The summed E-state index contributed by atoms with van der Waals surface area (Å²) in [6.45, 7) is 1.83. The first-order chi connectivity index (χ1) is 8.66. The molecule has 3 rings (SSSR count). The fourth-order valence-electron chi connectivity index (χ4n) is 2.03. The summed E-state index contributed by atoms with van der Waals surface area (Å²) in [6, 6.07) is 7.53. The second kappa shape index (κ2) is 3.76. The van der Waals surface area contributed by atoms with Crippen LogP contribution in [0.3, 0.4) is 0 Å². The number of para-hydroxylation sites is 2. The van der Waals surface area contributed by atoms with Gasteiger partial charge in [0.2, 0.25) is 0 Å². The molecule has 0 saturated heterocycles. The van der Waals surface area contributed by atoms with Crippen LogP contribution in [-0.2, 0) is 11.2 Å². The number of hydrogen-bond acceptors (Lipinski definition) is 4. The highest BCUT2D eigenvalue weighted by molar-refractivity contribution is 5.79. The normalized spacial score (nSPS) is 11.2. The van der Waals surface area contributed by atoms with Gasteiger partial charge in [-0.2, -0.15) is 0 Å². The van der Waals surface area contributed by atoms with E-state index in [1.165, 1.54) is 0 Å². The van der Waals surface area contributed by atoms with Crippen molar-refractivity contribution in [2.24, 2.45) is 0 Å². The average Bonchev–Trinajstić information content (AvgIpc) is 2.73. The molecule has 6 heteroatoms. The Labute approximate surface area is 102 Å². The van der Waals surface area contributed by atoms with Crippen molar-refractivity contribution in [3.05, 3.63) is 35.8 Å². The molecule has 0 amide bonds. The summed E-state index contributed by atoms with van der Waals surface area (Å²) < 4.78 is 1.76. The van der Waals surface area contributed by atoms with E-state index in [1.807, 2.05) is 31.2 Å². The Morgan fingerprint density at radius 2 is 2.11 bits per heavy atom. The van der Waals surface area contributed by atoms with Crippen LogP contribution in [0.25, 0.3) is 16.7 Å². The Hall–Kier alpha value is -2.50. The first-order valence-corrected chi connectivity index (χ1v) is 5.48. The van der Waals surface area contributed by atoms with Crippen LogP contribution >= 0.6 is 0 Å². The largest absolute Gasteiger partial charge is 0.481 e. The Balaban J connectivity index is 2.43. The number of carboxylic acid groups (broad SMARTS) is 1. The molecule has 0 fully saturated rings. The predicted octanol–water partition coefficient (Wildman–Crippen LogP) is 1.21. The third-order valence-electron chi connectivity index (χ3n) is 2.77. The van der Waals surface area contributed by atoms with Gasteiger partial charge in [-0.1, -0.05) is 12.1 Å². The van der Waals surface area contributed by atoms with Gasteiger partial charge in [0, 0.05) is 0 Å². The zero-order valence-corrected chi connectivity index (χ0v) is 9.66. The molecule has 3 aromatic rings. The number of carboxylic acids is 1. The number of carbonyl (C=O) groups is 1. The molecular formula is C12H10N4O2. The number of fused-ring (bicyclic) bond motifs is 3. The molecule has 6 nitrogen and oxygen atoms in total. The average molecular weight is 242 g/mol. The van der Waals surface area contributed by atoms with Gasteiger partial charge in [-0.25, -0.2) is 4.98 Å². The molecule has 1 N–H and O–H groups in total. The van der Waals surface area contributed by atoms with Gasteiger partial charge in [-0.15, -0.1) is 10.2 Å². The molecule has 0 unspecified atom stereocenters. The van der Waals surface area contributed by atoms with Gasteiger partial charge in [-0.3, -0.25) is 9.20 Å². The summed E-state index contributed by atoms with van der Waals surface area (Å²) in [6.07, 6.45) is -0.158. The summed E-state index contributed by atoms with van der Waals surface area (Å²) >= 11 is 0. The van der Waals surface area contributed by atoms with E-state index in [-0.39, 0.29) is 6.42 Å². The van der Waals surface area contributed by atoms with Crippen molar-refractivity contribution in [3.8, 4) is 0 Å². The third-order valence-corrected chi connectivity index (χ3v) is 2.77. The Bertz CT molecular complexity index is 763. The molecule has 90 valence electrons. The van der Waals surface area contributed by atoms with Crippen molar-refractivity contribution in [3.63, 3.8) is 0 Å². The van der Waals surface area contributed by atoms with Crippen LogP contribution in [0.1, 0.15) is 11.5 Å². The Kier molecular flexibility index (Phi) is 2.22. The molecule has 0 aliphatic rings. The number of hydrogen-bond donors (Lipinski definition) is 1. The second-order valence-electron chi connectivity index (χ2n) is 4.03. The van der Waals surface area contributed by atoms with Gasteiger partial charge in [0.15, 0.2) is 5.65 Å². The molecule has 0 spiro atoms.